The van der Waals surface area contributed by atoms with E-state index in [-0.39, 0.29) is 5.91 Å². The van der Waals surface area contributed by atoms with Crippen molar-refractivity contribution >= 4 is 28.8 Å². The minimum Gasteiger partial charge on any atom is -0.472 e. The van der Waals surface area contributed by atoms with Gasteiger partial charge in [0.1, 0.15) is 0 Å². The number of benzene rings is 1. The summed E-state index contributed by atoms with van der Waals surface area (Å²) in [7, 11) is 0. The molecule has 0 unspecified atom stereocenters. The van der Waals surface area contributed by atoms with Crippen LogP contribution < -0.4 is 5.32 Å². The van der Waals surface area contributed by atoms with Crippen molar-refractivity contribution in [1.29, 1.82) is 0 Å². The molecule has 3 aromatic rings. The van der Waals surface area contributed by atoms with Gasteiger partial charge in [-0.1, -0.05) is 29.8 Å². The molecule has 3 nitrogen and oxygen atoms in total. The minimum absolute atomic E-state index is 0.00952. The maximum absolute atomic E-state index is 12.0. The Kier molecular flexibility index (Phi) is 5.16. The summed E-state index contributed by atoms with van der Waals surface area (Å²) in [5.74, 6) is -0.00952. The average molecular weight is 346 g/mol. The van der Waals surface area contributed by atoms with Crippen LogP contribution in [0.1, 0.15) is 10.4 Å². The zero-order valence-electron chi connectivity index (χ0n) is 12.4. The van der Waals surface area contributed by atoms with Crippen LogP contribution in [0.3, 0.4) is 0 Å². The van der Waals surface area contributed by atoms with Gasteiger partial charge in [-0.05, 0) is 36.2 Å². The number of amides is 1. The molecule has 2 aromatic heterocycles. The third-order valence-electron chi connectivity index (χ3n) is 3.47. The highest BCUT2D eigenvalue weighted by Gasteiger charge is 2.07. The Morgan fingerprint density at radius 2 is 2.04 bits per heavy atom. The van der Waals surface area contributed by atoms with Crippen molar-refractivity contribution in [3.8, 4) is 10.4 Å². The van der Waals surface area contributed by atoms with Gasteiger partial charge in [0, 0.05) is 26.9 Å². The molecular formula is C18H16ClNO2S. The zero-order valence-corrected chi connectivity index (χ0v) is 14.0. The fourth-order valence-electron chi connectivity index (χ4n) is 2.27. The number of carbonyl (C=O) groups excluding carboxylic acids is 1. The van der Waals surface area contributed by atoms with E-state index < -0.39 is 0 Å². The highest BCUT2D eigenvalue weighted by Crippen LogP contribution is 2.28. The minimum atomic E-state index is -0.00952. The van der Waals surface area contributed by atoms with Gasteiger partial charge in [0.15, 0.2) is 0 Å². The van der Waals surface area contributed by atoms with E-state index >= 15 is 0 Å². The summed E-state index contributed by atoms with van der Waals surface area (Å²) in [6.45, 7) is 0.620. The highest BCUT2D eigenvalue weighted by molar-refractivity contribution is 7.15. The molecule has 0 saturated heterocycles. The summed E-state index contributed by atoms with van der Waals surface area (Å²) in [6.07, 6.45) is 4.53. The molecule has 1 N–H and O–H groups in total. The first kappa shape index (κ1) is 15.8. The molecule has 0 aliphatic rings. The second-order valence-electron chi connectivity index (χ2n) is 5.15. The molecule has 0 aliphatic carbocycles. The summed E-state index contributed by atoms with van der Waals surface area (Å²) in [6, 6.07) is 13.5. The smallest absolute Gasteiger partial charge is 0.224 e. The third kappa shape index (κ3) is 4.24. The van der Waals surface area contributed by atoms with Crippen LogP contribution in [0.15, 0.2) is 59.4 Å². The molecule has 23 heavy (non-hydrogen) atoms. The maximum Gasteiger partial charge on any atom is 0.224 e. The Morgan fingerprint density at radius 1 is 1.17 bits per heavy atom. The molecule has 118 valence electrons. The Balaban J connectivity index is 1.48. The lowest BCUT2D eigenvalue weighted by atomic mass is 10.1. The molecule has 3 rings (SSSR count). The van der Waals surface area contributed by atoms with Gasteiger partial charge in [-0.3, -0.25) is 4.79 Å². The quantitative estimate of drug-likeness (QED) is 0.711. The van der Waals surface area contributed by atoms with E-state index in [0.717, 1.165) is 17.5 Å². The van der Waals surface area contributed by atoms with E-state index in [4.69, 9.17) is 16.0 Å². The summed E-state index contributed by atoms with van der Waals surface area (Å²) >= 11 is 7.78. The van der Waals surface area contributed by atoms with Crippen molar-refractivity contribution < 1.29 is 9.21 Å². The zero-order chi connectivity index (χ0) is 16.1. The molecular weight excluding hydrogens is 330 g/mol. The Labute approximate surface area is 143 Å². The molecule has 2 heterocycles. The Morgan fingerprint density at radius 3 is 2.83 bits per heavy atom. The van der Waals surface area contributed by atoms with Crippen LogP contribution in [-0.4, -0.2) is 12.5 Å². The molecule has 0 spiro atoms. The number of thiophene rings is 1. The van der Waals surface area contributed by atoms with E-state index in [1.807, 2.05) is 24.3 Å². The van der Waals surface area contributed by atoms with Gasteiger partial charge < -0.3 is 9.73 Å². The molecule has 0 radical (unpaired) electrons. The fourth-order valence-corrected chi connectivity index (χ4v) is 3.47. The van der Waals surface area contributed by atoms with Crippen LogP contribution in [-0.2, 0) is 17.6 Å². The standard InChI is InChI=1S/C18H16ClNO2S/c19-16-4-2-1-3-13(16)11-18(21)20-9-7-15-5-6-17(23-15)14-8-10-22-12-14/h1-6,8,10,12H,7,9,11H2,(H,20,21). The first-order valence-electron chi connectivity index (χ1n) is 7.34. The van der Waals surface area contributed by atoms with Crippen LogP contribution >= 0.6 is 22.9 Å². The summed E-state index contributed by atoms with van der Waals surface area (Å²) < 4.78 is 5.10. The normalized spacial score (nSPS) is 10.7. The lowest BCUT2D eigenvalue weighted by Crippen LogP contribution is -2.27. The fraction of sp³-hybridized carbons (Fsp3) is 0.167. The van der Waals surface area contributed by atoms with E-state index in [1.54, 1.807) is 29.9 Å². The van der Waals surface area contributed by atoms with E-state index in [1.165, 1.54) is 9.75 Å². The van der Waals surface area contributed by atoms with Crippen molar-refractivity contribution in [1.82, 2.24) is 5.32 Å². The van der Waals surface area contributed by atoms with Gasteiger partial charge in [0.2, 0.25) is 5.91 Å². The Bertz CT molecular complexity index is 780. The number of hydrogen-bond donors (Lipinski definition) is 1. The number of furan rings is 1. The van der Waals surface area contributed by atoms with Gasteiger partial charge >= 0.3 is 0 Å². The number of hydrogen-bond acceptors (Lipinski definition) is 3. The lowest BCUT2D eigenvalue weighted by Gasteiger charge is -2.05. The first-order chi connectivity index (χ1) is 11.2. The van der Waals surface area contributed by atoms with E-state index in [0.29, 0.717) is 18.0 Å². The van der Waals surface area contributed by atoms with Gasteiger partial charge in [-0.2, -0.15) is 0 Å². The predicted octanol–water partition coefficient (Wildman–Crippen LogP) is 4.56. The topological polar surface area (TPSA) is 42.2 Å². The lowest BCUT2D eigenvalue weighted by molar-refractivity contribution is -0.120. The van der Waals surface area contributed by atoms with Crippen LogP contribution in [0.4, 0.5) is 0 Å². The van der Waals surface area contributed by atoms with Crippen LogP contribution in [0.2, 0.25) is 5.02 Å². The summed E-state index contributed by atoms with van der Waals surface area (Å²) in [5.41, 5.74) is 1.94. The number of carbonyl (C=O) groups is 1. The predicted molar refractivity (Wildman–Crippen MR) is 93.9 cm³/mol. The van der Waals surface area contributed by atoms with Crippen LogP contribution in [0.25, 0.3) is 10.4 Å². The van der Waals surface area contributed by atoms with Gasteiger partial charge in [0.25, 0.3) is 0 Å². The molecule has 1 amide bonds. The van der Waals surface area contributed by atoms with Crippen molar-refractivity contribution in [3.05, 3.63) is 70.5 Å². The van der Waals surface area contributed by atoms with E-state index in [2.05, 4.69) is 17.4 Å². The molecule has 1 aromatic carbocycles. The van der Waals surface area contributed by atoms with Crippen LogP contribution in [0, 0.1) is 0 Å². The molecule has 0 bridgehead atoms. The third-order valence-corrected chi connectivity index (χ3v) is 5.03. The number of halogens is 1. The SMILES string of the molecule is O=C(Cc1ccccc1Cl)NCCc1ccc(-c2ccoc2)s1. The molecule has 0 atom stereocenters. The highest BCUT2D eigenvalue weighted by atomic mass is 35.5. The first-order valence-corrected chi connectivity index (χ1v) is 8.53. The summed E-state index contributed by atoms with van der Waals surface area (Å²) in [5, 5.41) is 3.57. The molecule has 0 saturated carbocycles. The monoisotopic (exact) mass is 345 g/mol. The van der Waals surface area contributed by atoms with Crippen molar-refractivity contribution in [2.45, 2.75) is 12.8 Å². The number of rotatable bonds is 6. The average Bonchev–Trinajstić information content (AvgIpc) is 3.20. The molecule has 0 fully saturated rings. The molecule has 5 heteroatoms. The largest absolute Gasteiger partial charge is 0.472 e. The van der Waals surface area contributed by atoms with E-state index in [9.17, 15) is 4.79 Å². The van der Waals surface area contributed by atoms with Crippen molar-refractivity contribution in [2.24, 2.45) is 0 Å². The van der Waals surface area contributed by atoms with Crippen LogP contribution in [0.5, 0.6) is 0 Å². The van der Waals surface area contributed by atoms with Crippen molar-refractivity contribution in [2.75, 3.05) is 6.54 Å². The van der Waals surface area contributed by atoms with Gasteiger partial charge in [-0.15, -0.1) is 11.3 Å². The molecule has 0 aliphatic heterocycles. The Hall–Kier alpha value is -2.04. The number of nitrogens with one attached hydrogen (secondary N) is 1. The van der Waals surface area contributed by atoms with Crippen molar-refractivity contribution in [3.63, 3.8) is 0 Å². The van der Waals surface area contributed by atoms with Gasteiger partial charge in [-0.25, -0.2) is 0 Å². The maximum atomic E-state index is 12.0. The second-order valence-corrected chi connectivity index (χ2v) is 6.72. The second kappa shape index (κ2) is 7.49. The van der Waals surface area contributed by atoms with Gasteiger partial charge in [0.05, 0.1) is 18.9 Å². The summed E-state index contributed by atoms with van der Waals surface area (Å²) in [4.78, 5) is 14.4.